The largest absolute Gasteiger partial charge is 0.469 e. The maximum Gasteiger partial charge on any atom is 0.311 e. The summed E-state index contributed by atoms with van der Waals surface area (Å²) in [6.07, 6.45) is 10.6. The molecule has 172 valence electrons. The molecule has 0 aliphatic heterocycles. The standard InChI is InChI=1S/C20H27NO3.C6H13N/c1-18(16(21)22)9-14-10-19(2,17(23)24-3)13-20(11-14,12-18)15-7-5-4-6-8-15;7-6-4-2-1-3-5-6/h4-8,14H,9-13H2,1-3H3,(H2,21,22);6H,1-5,7H2. The number of benzene rings is 1. The molecule has 0 aromatic heterocycles. The lowest BCUT2D eigenvalue weighted by Crippen LogP contribution is -2.55. The SMILES string of the molecule is COC(=O)C1(C)CC2CC(C)(C(N)=O)CC(c3ccccc3)(C2)C1.NC1CCCCC1. The zero-order valence-corrected chi connectivity index (χ0v) is 19.5. The summed E-state index contributed by atoms with van der Waals surface area (Å²) in [6, 6.07) is 10.8. The van der Waals surface area contributed by atoms with Crippen molar-refractivity contribution in [2.75, 3.05) is 7.11 Å². The van der Waals surface area contributed by atoms with Crippen LogP contribution in [-0.4, -0.2) is 25.0 Å². The van der Waals surface area contributed by atoms with Crippen LogP contribution in [0.15, 0.2) is 30.3 Å². The molecule has 2 bridgehead atoms. The van der Waals surface area contributed by atoms with Crippen LogP contribution in [0.2, 0.25) is 0 Å². The Balaban J connectivity index is 0.000000330. The van der Waals surface area contributed by atoms with Crippen molar-refractivity contribution in [1.82, 2.24) is 0 Å². The number of carbonyl (C=O) groups is 2. The molecule has 5 nitrogen and oxygen atoms in total. The van der Waals surface area contributed by atoms with Crippen molar-refractivity contribution in [3.05, 3.63) is 35.9 Å². The third-order valence-corrected chi connectivity index (χ3v) is 7.92. The van der Waals surface area contributed by atoms with Gasteiger partial charge in [0.1, 0.15) is 0 Å². The summed E-state index contributed by atoms with van der Waals surface area (Å²) in [5.41, 5.74) is 11.4. The van der Waals surface area contributed by atoms with Gasteiger partial charge in [-0.1, -0.05) is 56.5 Å². The average molecular weight is 429 g/mol. The Bertz CT molecular complexity index is 776. The molecule has 31 heavy (non-hydrogen) atoms. The number of ether oxygens (including phenoxy) is 1. The second kappa shape index (κ2) is 9.32. The molecule has 4 rings (SSSR count). The maximum absolute atomic E-state index is 12.5. The highest BCUT2D eigenvalue weighted by molar-refractivity contribution is 5.81. The second-order valence-corrected chi connectivity index (χ2v) is 10.9. The van der Waals surface area contributed by atoms with Gasteiger partial charge in [-0.15, -0.1) is 0 Å². The Morgan fingerprint density at radius 2 is 1.52 bits per heavy atom. The molecular formula is C26H40N2O3. The first-order valence-corrected chi connectivity index (χ1v) is 11.8. The zero-order valence-electron chi connectivity index (χ0n) is 19.5. The first kappa shape index (κ1) is 23.8. The number of fused-ring (bicyclic) bond motifs is 2. The zero-order chi connectivity index (χ0) is 22.7. The fourth-order valence-electron chi connectivity index (χ4n) is 6.73. The summed E-state index contributed by atoms with van der Waals surface area (Å²) < 4.78 is 5.11. The molecule has 3 aliphatic rings. The van der Waals surface area contributed by atoms with Crippen molar-refractivity contribution in [2.24, 2.45) is 28.2 Å². The lowest BCUT2D eigenvalue weighted by atomic mass is 9.47. The van der Waals surface area contributed by atoms with Gasteiger partial charge in [0, 0.05) is 11.5 Å². The van der Waals surface area contributed by atoms with E-state index in [4.69, 9.17) is 16.2 Å². The number of carbonyl (C=O) groups excluding carboxylic acids is 2. The molecule has 0 radical (unpaired) electrons. The molecule has 0 spiro atoms. The van der Waals surface area contributed by atoms with Crippen LogP contribution in [0.3, 0.4) is 0 Å². The molecule has 3 saturated carbocycles. The summed E-state index contributed by atoms with van der Waals surface area (Å²) >= 11 is 0. The average Bonchev–Trinajstić information content (AvgIpc) is 2.73. The minimum atomic E-state index is -0.518. The molecule has 4 atom stereocenters. The van der Waals surface area contributed by atoms with Crippen LogP contribution < -0.4 is 11.5 Å². The topological polar surface area (TPSA) is 95.4 Å². The fraction of sp³-hybridized carbons (Fsp3) is 0.692. The number of esters is 1. The molecule has 3 aliphatic carbocycles. The van der Waals surface area contributed by atoms with E-state index in [1.807, 2.05) is 32.0 Å². The second-order valence-electron chi connectivity index (χ2n) is 10.9. The van der Waals surface area contributed by atoms with Crippen LogP contribution in [0.4, 0.5) is 0 Å². The predicted molar refractivity (Wildman–Crippen MR) is 123 cm³/mol. The van der Waals surface area contributed by atoms with Crippen LogP contribution in [0, 0.1) is 16.7 Å². The lowest BCUT2D eigenvalue weighted by molar-refractivity contribution is -0.160. The van der Waals surface area contributed by atoms with Gasteiger partial charge in [0.15, 0.2) is 0 Å². The Hall–Kier alpha value is -1.88. The highest BCUT2D eigenvalue weighted by atomic mass is 16.5. The van der Waals surface area contributed by atoms with Gasteiger partial charge in [-0.3, -0.25) is 9.59 Å². The monoisotopic (exact) mass is 428 g/mol. The number of rotatable bonds is 3. The van der Waals surface area contributed by atoms with Crippen molar-refractivity contribution in [1.29, 1.82) is 0 Å². The molecule has 0 saturated heterocycles. The van der Waals surface area contributed by atoms with Crippen molar-refractivity contribution in [3.63, 3.8) is 0 Å². The van der Waals surface area contributed by atoms with E-state index < -0.39 is 10.8 Å². The van der Waals surface area contributed by atoms with Gasteiger partial charge in [0.25, 0.3) is 0 Å². The number of methoxy groups -OCH3 is 1. The van der Waals surface area contributed by atoms with Gasteiger partial charge >= 0.3 is 5.97 Å². The van der Waals surface area contributed by atoms with Gasteiger partial charge in [-0.2, -0.15) is 0 Å². The van der Waals surface area contributed by atoms with Crippen molar-refractivity contribution in [2.45, 2.75) is 89.5 Å². The smallest absolute Gasteiger partial charge is 0.311 e. The summed E-state index contributed by atoms with van der Waals surface area (Å²) in [4.78, 5) is 24.6. The summed E-state index contributed by atoms with van der Waals surface area (Å²) in [6.45, 7) is 4.00. The minimum Gasteiger partial charge on any atom is -0.469 e. The van der Waals surface area contributed by atoms with Gasteiger partial charge < -0.3 is 16.2 Å². The van der Waals surface area contributed by atoms with E-state index in [1.165, 1.54) is 44.8 Å². The predicted octanol–water partition coefficient (Wildman–Crippen LogP) is 4.47. The molecule has 1 aromatic rings. The van der Waals surface area contributed by atoms with Crippen molar-refractivity contribution in [3.8, 4) is 0 Å². The molecule has 0 heterocycles. The van der Waals surface area contributed by atoms with Crippen LogP contribution >= 0.6 is 0 Å². The molecular weight excluding hydrogens is 388 g/mol. The fourth-order valence-corrected chi connectivity index (χ4v) is 6.73. The third kappa shape index (κ3) is 5.14. The number of hydrogen-bond donors (Lipinski definition) is 2. The van der Waals surface area contributed by atoms with E-state index in [0.717, 1.165) is 19.3 Å². The Labute approximate surface area is 187 Å². The first-order chi connectivity index (χ1) is 14.6. The van der Waals surface area contributed by atoms with E-state index in [1.54, 1.807) is 0 Å². The van der Waals surface area contributed by atoms with Gasteiger partial charge in [0.2, 0.25) is 5.91 Å². The van der Waals surface area contributed by atoms with Gasteiger partial charge in [-0.05, 0) is 68.8 Å². The Morgan fingerprint density at radius 3 is 2.03 bits per heavy atom. The van der Waals surface area contributed by atoms with Crippen molar-refractivity contribution >= 4 is 11.9 Å². The number of amides is 1. The van der Waals surface area contributed by atoms with Crippen LogP contribution in [0.25, 0.3) is 0 Å². The number of hydrogen-bond acceptors (Lipinski definition) is 4. The quantitative estimate of drug-likeness (QED) is 0.695. The van der Waals surface area contributed by atoms with Crippen LogP contribution in [-0.2, 0) is 19.7 Å². The van der Waals surface area contributed by atoms with E-state index >= 15 is 0 Å². The molecule has 3 fully saturated rings. The summed E-state index contributed by atoms with van der Waals surface area (Å²) in [5, 5.41) is 0. The lowest BCUT2D eigenvalue weighted by Gasteiger charge is -2.56. The highest BCUT2D eigenvalue weighted by Gasteiger charge is 2.58. The molecule has 5 heteroatoms. The molecule has 1 aromatic carbocycles. The van der Waals surface area contributed by atoms with E-state index in [9.17, 15) is 9.59 Å². The molecule has 1 amide bonds. The highest BCUT2D eigenvalue weighted by Crippen LogP contribution is 2.61. The summed E-state index contributed by atoms with van der Waals surface area (Å²) in [5.74, 6) is -0.0707. The number of primary amides is 1. The minimum absolute atomic E-state index is 0.143. The Morgan fingerprint density at radius 1 is 0.935 bits per heavy atom. The maximum atomic E-state index is 12.5. The van der Waals surface area contributed by atoms with Crippen LogP contribution in [0.1, 0.15) is 83.6 Å². The van der Waals surface area contributed by atoms with E-state index in [0.29, 0.717) is 24.8 Å². The van der Waals surface area contributed by atoms with E-state index in [2.05, 4.69) is 12.1 Å². The summed E-state index contributed by atoms with van der Waals surface area (Å²) in [7, 11) is 1.46. The van der Waals surface area contributed by atoms with Gasteiger partial charge in [0.05, 0.1) is 12.5 Å². The van der Waals surface area contributed by atoms with Crippen LogP contribution in [0.5, 0.6) is 0 Å². The van der Waals surface area contributed by atoms with E-state index in [-0.39, 0.29) is 17.3 Å². The number of nitrogens with two attached hydrogens (primary N) is 2. The van der Waals surface area contributed by atoms with Gasteiger partial charge in [-0.25, -0.2) is 0 Å². The molecule has 4 N–H and O–H groups in total. The molecule has 4 unspecified atom stereocenters. The van der Waals surface area contributed by atoms with Crippen molar-refractivity contribution < 1.29 is 14.3 Å². The first-order valence-electron chi connectivity index (χ1n) is 11.8. The Kier molecular flexibility index (Phi) is 7.14. The third-order valence-electron chi connectivity index (χ3n) is 7.92. The normalized spacial score (nSPS) is 35.4.